The molecule has 0 aliphatic heterocycles. The first-order chi connectivity index (χ1) is 11.4. The van der Waals surface area contributed by atoms with Gasteiger partial charge >= 0.3 is 6.36 Å². The number of alkyl halides is 3. The average Bonchev–Trinajstić information content (AvgIpc) is 2.53. The molecular formula is C15H11F3N4O2. The summed E-state index contributed by atoms with van der Waals surface area (Å²) in [6.45, 7) is 0. The van der Waals surface area contributed by atoms with Gasteiger partial charge in [-0.05, 0) is 24.3 Å². The molecule has 0 radical (unpaired) electrons. The van der Waals surface area contributed by atoms with Gasteiger partial charge in [-0.3, -0.25) is 10.2 Å². The fourth-order valence-corrected chi connectivity index (χ4v) is 2.29. The van der Waals surface area contributed by atoms with E-state index in [9.17, 15) is 18.0 Å². The van der Waals surface area contributed by atoms with Crippen molar-refractivity contribution in [2.75, 3.05) is 5.43 Å². The van der Waals surface area contributed by atoms with Crippen LogP contribution in [0.15, 0.2) is 53.3 Å². The van der Waals surface area contributed by atoms with Crippen molar-refractivity contribution >= 4 is 16.9 Å². The molecule has 0 bridgehead atoms. The summed E-state index contributed by atoms with van der Waals surface area (Å²) >= 11 is 0. The summed E-state index contributed by atoms with van der Waals surface area (Å²) in [6, 6.07) is 11.5. The fraction of sp³-hybridized carbons (Fsp3) is 0.0667. The summed E-state index contributed by atoms with van der Waals surface area (Å²) in [5, 5.41) is 0.304. The van der Waals surface area contributed by atoms with Crippen LogP contribution in [-0.4, -0.2) is 15.9 Å². The molecular weight excluding hydrogens is 325 g/mol. The molecule has 0 aliphatic rings. The number of nitrogens with two attached hydrogens (primary N) is 1. The molecule has 0 saturated heterocycles. The molecule has 3 aromatic rings. The van der Waals surface area contributed by atoms with Gasteiger partial charge in [0.15, 0.2) is 0 Å². The minimum atomic E-state index is -4.83. The van der Waals surface area contributed by atoms with Gasteiger partial charge in [0.05, 0.1) is 16.6 Å². The third-order valence-electron chi connectivity index (χ3n) is 3.21. The minimum Gasteiger partial charge on any atom is -0.406 e. The number of para-hydroxylation sites is 1. The van der Waals surface area contributed by atoms with Gasteiger partial charge in [0.25, 0.3) is 5.56 Å². The van der Waals surface area contributed by atoms with Gasteiger partial charge in [-0.1, -0.05) is 18.2 Å². The van der Waals surface area contributed by atoms with E-state index in [0.717, 1.165) is 16.7 Å². The molecule has 0 fully saturated rings. The molecule has 0 atom stereocenters. The van der Waals surface area contributed by atoms with Crippen LogP contribution >= 0.6 is 0 Å². The summed E-state index contributed by atoms with van der Waals surface area (Å²) in [5.74, 6) is 4.94. The molecule has 0 amide bonds. The maximum absolute atomic E-state index is 12.7. The van der Waals surface area contributed by atoms with Crippen LogP contribution in [0.25, 0.3) is 16.6 Å². The zero-order chi connectivity index (χ0) is 17.3. The highest BCUT2D eigenvalue weighted by molar-refractivity contribution is 5.79. The van der Waals surface area contributed by atoms with Crippen molar-refractivity contribution in [3.63, 3.8) is 0 Å². The number of nitrogens with zero attached hydrogens (tertiary/aromatic N) is 2. The lowest BCUT2D eigenvalue weighted by atomic mass is 10.2. The summed E-state index contributed by atoms with van der Waals surface area (Å²) in [7, 11) is 0. The minimum absolute atomic E-state index is 0.0112. The molecule has 0 saturated carbocycles. The van der Waals surface area contributed by atoms with E-state index in [1.165, 1.54) is 12.1 Å². The molecule has 9 heteroatoms. The number of fused-ring (bicyclic) bond motifs is 1. The van der Waals surface area contributed by atoms with Crippen LogP contribution in [0.3, 0.4) is 0 Å². The van der Waals surface area contributed by atoms with E-state index in [1.807, 2.05) is 0 Å². The maximum atomic E-state index is 12.7. The maximum Gasteiger partial charge on any atom is 0.573 e. The molecule has 1 aromatic heterocycles. The Labute approximate surface area is 133 Å². The van der Waals surface area contributed by atoms with E-state index in [0.29, 0.717) is 10.9 Å². The number of hydrogen-bond acceptors (Lipinski definition) is 5. The van der Waals surface area contributed by atoms with Crippen molar-refractivity contribution in [1.82, 2.24) is 9.55 Å². The Morgan fingerprint density at radius 2 is 1.88 bits per heavy atom. The van der Waals surface area contributed by atoms with Crippen LogP contribution in [0.1, 0.15) is 0 Å². The molecule has 24 heavy (non-hydrogen) atoms. The smallest absolute Gasteiger partial charge is 0.406 e. The number of halogens is 3. The highest BCUT2D eigenvalue weighted by Gasteiger charge is 2.31. The Morgan fingerprint density at radius 3 is 2.58 bits per heavy atom. The Morgan fingerprint density at radius 1 is 1.12 bits per heavy atom. The van der Waals surface area contributed by atoms with Gasteiger partial charge in [0.2, 0.25) is 5.95 Å². The van der Waals surface area contributed by atoms with Crippen LogP contribution in [0, 0.1) is 0 Å². The predicted octanol–water partition coefficient (Wildman–Crippen LogP) is 2.57. The van der Waals surface area contributed by atoms with Crippen molar-refractivity contribution in [3.8, 4) is 11.4 Å². The van der Waals surface area contributed by atoms with E-state index in [4.69, 9.17) is 5.84 Å². The lowest BCUT2D eigenvalue weighted by molar-refractivity contribution is -0.274. The Kier molecular flexibility index (Phi) is 3.86. The number of nitrogens with one attached hydrogen (secondary N) is 1. The second kappa shape index (κ2) is 5.85. The van der Waals surface area contributed by atoms with Crippen molar-refractivity contribution in [2.24, 2.45) is 5.84 Å². The molecule has 0 spiro atoms. The average molecular weight is 336 g/mol. The molecule has 0 unspecified atom stereocenters. The quantitative estimate of drug-likeness (QED) is 0.567. The van der Waals surface area contributed by atoms with Crippen molar-refractivity contribution in [2.45, 2.75) is 6.36 Å². The molecule has 124 valence electrons. The van der Waals surface area contributed by atoms with E-state index < -0.39 is 17.7 Å². The SMILES string of the molecule is NNc1nc2ccccc2c(=O)n1-c1cccc(OC(F)(F)F)c1. The highest BCUT2D eigenvalue weighted by Crippen LogP contribution is 2.25. The van der Waals surface area contributed by atoms with Gasteiger partial charge in [0, 0.05) is 6.07 Å². The van der Waals surface area contributed by atoms with Crippen molar-refractivity contribution in [1.29, 1.82) is 0 Å². The lowest BCUT2D eigenvalue weighted by Crippen LogP contribution is -2.26. The van der Waals surface area contributed by atoms with Crippen molar-refractivity contribution in [3.05, 3.63) is 58.9 Å². The Bertz CT molecular complexity index is 953. The van der Waals surface area contributed by atoms with E-state index >= 15 is 0 Å². The van der Waals surface area contributed by atoms with E-state index in [-0.39, 0.29) is 11.6 Å². The number of nitrogen functional groups attached to an aromatic ring is 1. The number of benzene rings is 2. The third-order valence-corrected chi connectivity index (χ3v) is 3.21. The van der Waals surface area contributed by atoms with Gasteiger partial charge in [-0.15, -0.1) is 13.2 Å². The zero-order valence-corrected chi connectivity index (χ0v) is 12.0. The number of rotatable bonds is 3. The molecule has 1 heterocycles. The molecule has 3 rings (SSSR count). The summed E-state index contributed by atoms with van der Waals surface area (Å²) in [6.07, 6.45) is -4.83. The van der Waals surface area contributed by atoms with Crippen LogP contribution in [0.5, 0.6) is 5.75 Å². The number of hydrogen-bond donors (Lipinski definition) is 2. The molecule has 3 N–H and O–H groups in total. The third kappa shape index (κ3) is 3.01. The predicted molar refractivity (Wildman–Crippen MR) is 81.8 cm³/mol. The van der Waals surface area contributed by atoms with E-state index in [2.05, 4.69) is 15.1 Å². The second-order valence-electron chi connectivity index (χ2n) is 4.78. The van der Waals surface area contributed by atoms with Gasteiger partial charge < -0.3 is 4.74 Å². The van der Waals surface area contributed by atoms with Crippen molar-refractivity contribution < 1.29 is 17.9 Å². The fourth-order valence-electron chi connectivity index (χ4n) is 2.29. The zero-order valence-electron chi connectivity index (χ0n) is 12.0. The Balaban J connectivity index is 2.21. The number of ether oxygens (including phenoxy) is 1. The van der Waals surface area contributed by atoms with E-state index in [1.54, 1.807) is 24.3 Å². The number of hydrazine groups is 1. The van der Waals surface area contributed by atoms with Crippen LogP contribution in [0.2, 0.25) is 0 Å². The molecule has 0 aliphatic carbocycles. The molecule has 2 aromatic carbocycles. The Hall–Kier alpha value is -3.07. The normalized spacial score (nSPS) is 11.5. The number of aromatic nitrogens is 2. The van der Waals surface area contributed by atoms with Crippen LogP contribution in [0.4, 0.5) is 19.1 Å². The largest absolute Gasteiger partial charge is 0.573 e. The van der Waals surface area contributed by atoms with Gasteiger partial charge in [0.1, 0.15) is 5.75 Å². The first-order valence-corrected chi connectivity index (χ1v) is 6.73. The number of anilines is 1. The van der Waals surface area contributed by atoms with Crippen LogP contribution in [-0.2, 0) is 0 Å². The first kappa shape index (κ1) is 15.8. The standard InChI is InChI=1S/C15H11F3N4O2/c16-15(17,18)24-10-5-3-4-9(8-10)22-13(23)11-6-1-2-7-12(11)20-14(22)21-19/h1-8H,19H2,(H,20,21). The monoisotopic (exact) mass is 336 g/mol. The summed E-state index contributed by atoms with van der Waals surface area (Å²) in [4.78, 5) is 16.9. The second-order valence-corrected chi connectivity index (χ2v) is 4.78. The highest BCUT2D eigenvalue weighted by atomic mass is 19.4. The first-order valence-electron chi connectivity index (χ1n) is 6.73. The molecule has 6 nitrogen and oxygen atoms in total. The van der Waals surface area contributed by atoms with Gasteiger partial charge in [-0.25, -0.2) is 15.4 Å². The summed E-state index contributed by atoms with van der Waals surface area (Å²) in [5.41, 5.74) is 2.35. The lowest BCUT2D eigenvalue weighted by Gasteiger charge is -2.14. The van der Waals surface area contributed by atoms with Crippen LogP contribution < -0.4 is 21.6 Å². The topological polar surface area (TPSA) is 82.2 Å². The van der Waals surface area contributed by atoms with Gasteiger partial charge in [-0.2, -0.15) is 0 Å². The summed E-state index contributed by atoms with van der Waals surface area (Å²) < 4.78 is 42.1.